The van der Waals surface area contributed by atoms with Crippen molar-refractivity contribution in [2.45, 2.75) is 77.3 Å². The van der Waals surface area contributed by atoms with E-state index in [0.717, 1.165) is 118 Å². The zero-order valence-electron chi connectivity index (χ0n) is 30.0. The first-order valence-corrected chi connectivity index (χ1v) is 19.8. The predicted molar refractivity (Wildman–Crippen MR) is 211 cm³/mol. The molecule has 0 spiro atoms. The monoisotopic (exact) mass is 771 g/mol. The zero-order valence-corrected chi connectivity index (χ0v) is 32.3. The van der Waals surface area contributed by atoms with Crippen LogP contribution in [0.3, 0.4) is 0 Å². The van der Waals surface area contributed by atoms with E-state index in [1.54, 1.807) is 18.4 Å². The summed E-state index contributed by atoms with van der Waals surface area (Å²) >= 11 is 16.0. The molecule has 0 saturated carbocycles. The minimum atomic E-state index is -0.716. The third kappa shape index (κ3) is 8.51. The average molecular weight is 773 g/mol. The number of piperidine rings is 1. The van der Waals surface area contributed by atoms with Crippen LogP contribution in [-0.4, -0.2) is 63.1 Å². The Morgan fingerprint density at radius 1 is 1.04 bits per heavy atom. The summed E-state index contributed by atoms with van der Waals surface area (Å²) in [6, 6.07) is 16.2. The van der Waals surface area contributed by atoms with Gasteiger partial charge in [0, 0.05) is 53.8 Å². The maximum Gasteiger partial charge on any atom is 0.303 e. The van der Waals surface area contributed by atoms with E-state index in [0.29, 0.717) is 28.8 Å². The molecule has 1 atom stereocenters. The lowest BCUT2D eigenvalue weighted by molar-refractivity contribution is -0.138. The molecule has 2 aliphatic heterocycles. The number of amides is 1. The summed E-state index contributed by atoms with van der Waals surface area (Å²) in [4.78, 5) is 39.8. The van der Waals surface area contributed by atoms with E-state index in [4.69, 9.17) is 48.0 Å². The van der Waals surface area contributed by atoms with E-state index >= 15 is 0 Å². The van der Waals surface area contributed by atoms with Gasteiger partial charge in [-0.25, -0.2) is 9.97 Å². The first-order valence-electron chi connectivity index (χ1n) is 18.2. The highest BCUT2D eigenvalue weighted by molar-refractivity contribution is 7.18. The van der Waals surface area contributed by atoms with Crippen molar-refractivity contribution in [1.29, 1.82) is 0 Å². The van der Waals surface area contributed by atoms with Gasteiger partial charge in [0.15, 0.2) is 0 Å². The van der Waals surface area contributed by atoms with Crippen LogP contribution in [0.4, 0.5) is 0 Å². The zero-order chi connectivity index (χ0) is 37.1. The highest BCUT2D eigenvalue weighted by atomic mass is 35.5. The summed E-state index contributed by atoms with van der Waals surface area (Å²) in [6.45, 7) is 4.57. The highest BCUT2D eigenvalue weighted by Gasteiger charge is 2.24. The lowest BCUT2D eigenvalue weighted by Crippen LogP contribution is -2.33. The summed E-state index contributed by atoms with van der Waals surface area (Å²) < 4.78 is 6.87. The number of likely N-dealkylation sites (tertiary alicyclic amines) is 1. The lowest BCUT2D eigenvalue weighted by atomic mass is 9.94. The fourth-order valence-corrected chi connectivity index (χ4v) is 9.33. The Kier molecular flexibility index (Phi) is 11.6. The average Bonchev–Trinajstić information content (AvgIpc) is 3.76. The summed E-state index contributed by atoms with van der Waals surface area (Å²) in [5.41, 5.74) is 7.98. The molecule has 5 aromatic rings. The third-order valence-electron chi connectivity index (χ3n) is 10.5. The number of aromatic nitrogens is 3. The maximum absolute atomic E-state index is 11.6. The van der Waals surface area contributed by atoms with Crippen molar-refractivity contribution < 1.29 is 19.4 Å². The second-order valence-corrected chi connectivity index (χ2v) is 16.0. The molecule has 9 nitrogen and oxygen atoms in total. The Morgan fingerprint density at radius 3 is 2.53 bits per heavy atom. The van der Waals surface area contributed by atoms with Crippen molar-refractivity contribution in [2.75, 3.05) is 20.2 Å². The number of fused-ring (bicyclic) bond motifs is 1. The minimum Gasteiger partial charge on any atom is -0.481 e. The molecule has 12 heteroatoms. The molecule has 2 aliphatic rings. The van der Waals surface area contributed by atoms with Crippen LogP contribution in [-0.2, 0) is 29.0 Å². The Morgan fingerprint density at radius 2 is 1.79 bits per heavy atom. The molecule has 1 amide bonds. The molecule has 3 aromatic heterocycles. The lowest BCUT2D eigenvalue weighted by Gasteiger charge is -2.30. The molecular weight excluding hydrogens is 729 g/mol. The van der Waals surface area contributed by atoms with Gasteiger partial charge in [0.2, 0.25) is 11.8 Å². The number of benzene rings is 2. The van der Waals surface area contributed by atoms with Gasteiger partial charge >= 0.3 is 5.97 Å². The molecule has 7 rings (SSSR count). The maximum atomic E-state index is 11.6. The number of carbonyl (C=O) groups excluding carboxylic acids is 1. The van der Waals surface area contributed by atoms with Crippen LogP contribution in [0.15, 0.2) is 54.7 Å². The number of methoxy groups -OCH3 is 1. The number of carbonyl (C=O) groups is 2. The molecule has 5 heterocycles. The van der Waals surface area contributed by atoms with Crippen molar-refractivity contribution in [3.05, 3.63) is 92.2 Å². The highest BCUT2D eigenvalue weighted by Crippen LogP contribution is 2.41. The van der Waals surface area contributed by atoms with Crippen molar-refractivity contribution >= 4 is 56.6 Å². The molecular formula is C41H43Cl2N5O4S. The van der Waals surface area contributed by atoms with Gasteiger partial charge in [-0.05, 0) is 87.7 Å². The molecule has 53 heavy (non-hydrogen) atoms. The van der Waals surface area contributed by atoms with Crippen LogP contribution in [0.25, 0.3) is 32.6 Å². The topological polar surface area (TPSA) is 118 Å². The normalized spacial score (nSPS) is 16.7. The summed E-state index contributed by atoms with van der Waals surface area (Å²) in [5.74, 6) is 0.261. The summed E-state index contributed by atoms with van der Waals surface area (Å²) in [6.07, 6.45) is 8.56. The largest absolute Gasteiger partial charge is 0.481 e. The molecule has 2 N–H and O–H groups in total. The van der Waals surface area contributed by atoms with Crippen LogP contribution in [0.1, 0.15) is 72.3 Å². The standard InChI is InChI=1S/C41H43Cl2N5O4S/c1-24-20-32(46-41(52-2)28(24)8-4-7-27-12-13-35(49)45-27)31-11-5-10-30(39(31)43)29-9-3-6-26(38(29)42)22-33-40-34(14-17-44-33)53-36(47-40)23-48-18-15-25(16-19-48)21-37(50)51/h3,5-6,9-11,14,17,20,25,27H,4,7-8,12-13,15-16,18-19,21-23H2,1-2H3,(H,45,49)(H,50,51)/t27-/m1/s1. The van der Waals surface area contributed by atoms with Gasteiger partial charge in [0.1, 0.15) is 10.5 Å². The SMILES string of the molecule is COc1nc(-c2cccc(-c3cccc(Cc4nccc5sc(CN6CCC(CC(=O)O)CC6)nc45)c3Cl)c2Cl)cc(C)c1CCC[C@@H]1CCC(=O)N1. The Balaban J connectivity index is 1.09. The number of nitrogens with one attached hydrogen (secondary N) is 1. The number of nitrogens with zero attached hydrogens (tertiary/aromatic N) is 4. The minimum absolute atomic E-state index is 0.141. The second kappa shape index (κ2) is 16.5. The quantitative estimate of drug-likeness (QED) is 0.122. The Bertz CT molecular complexity index is 2150. The van der Waals surface area contributed by atoms with Gasteiger partial charge in [0.05, 0.1) is 39.8 Å². The number of hydrogen-bond donors (Lipinski definition) is 2. The van der Waals surface area contributed by atoms with Gasteiger partial charge in [0.25, 0.3) is 0 Å². The van der Waals surface area contributed by atoms with E-state index in [9.17, 15) is 9.59 Å². The van der Waals surface area contributed by atoms with Gasteiger partial charge in [-0.15, -0.1) is 11.3 Å². The van der Waals surface area contributed by atoms with Crippen LogP contribution in [0.5, 0.6) is 5.88 Å². The van der Waals surface area contributed by atoms with E-state index in [-0.39, 0.29) is 24.3 Å². The molecule has 0 radical (unpaired) electrons. The third-order valence-corrected chi connectivity index (χ3v) is 12.4. The number of hydrogen-bond acceptors (Lipinski definition) is 8. The number of carboxylic acid groups (broad SMARTS) is 1. The number of halogens is 2. The molecule has 0 unspecified atom stereocenters. The number of thiazole rings is 1. The van der Waals surface area contributed by atoms with Gasteiger partial charge in [-0.1, -0.05) is 59.6 Å². The van der Waals surface area contributed by atoms with Crippen LogP contribution < -0.4 is 10.1 Å². The molecule has 0 bridgehead atoms. The van der Waals surface area contributed by atoms with Gasteiger partial charge < -0.3 is 15.2 Å². The molecule has 2 saturated heterocycles. The fourth-order valence-electron chi connectivity index (χ4n) is 7.68. The number of ether oxygens (including phenoxy) is 1. The Labute approximate surface area is 323 Å². The number of rotatable bonds is 13. The fraction of sp³-hybridized carbons (Fsp3) is 0.390. The van der Waals surface area contributed by atoms with Crippen molar-refractivity contribution in [2.24, 2.45) is 5.92 Å². The number of aliphatic carboxylic acids is 1. The van der Waals surface area contributed by atoms with Gasteiger partial charge in [-0.3, -0.25) is 19.5 Å². The number of carboxylic acids is 1. The van der Waals surface area contributed by atoms with E-state index in [2.05, 4.69) is 23.2 Å². The van der Waals surface area contributed by atoms with Crippen LogP contribution in [0.2, 0.25) is 10.0 Å². The predicted octanol–water partition coefficient (Wildman–Crippen LogP) is 8.92. The van der Waals surface area contributed by atoms with E-state index in [1.807, 2.05) is 48.7 Å². The molecule has 2 fully saturated rings. The molecule has 0 aliphatic carbocycles. The van der Waals surface area contributed by atoms with Crippen LogP contribution in [0, 0.1) is 12.8 Å². The van der Waals surface area contributed by atoms with Crippen LogP contribution >= 0.6 is 34.5 Å². The summed E-state index contributed by atoms with van der Waals surface area (Å²) in [7, 11) is 1.65. The Hall–Kier alpha value is -4.09. The smallest absolute Gasteiger partial charge is 0.303 e. The number of pyridine rings is 2. The molecule has 2 aromatic carbocycles. The summed E-state index contributed by atoms with van der Waals surface area (Å²) in [5, 5.41) is 14.4. The number of aryl methyl sites for hydroxylation is 1. The van der Waals surface area contributed by atoms with Gasteiger partial charge in [-0.2, -0.15) is 0 Å². The first-order chi connectivity index (χ1) is 25.7. The first kappa shape index (κ1) is 37.2. The second-order valence-electron chi connectivity index (χ2n) is 14.2. The van der Waals surface area contributed by atoms with Crippen molar-refractivity contribution in [1.82, 2.24) is 25.2 Å². The van der Waals surface area contributed by atoms with E-state index < -0.39 is 5.97 Å². The van der Waals surface area contributed by atoms with Crippen molar-refractivity contribution in [3.8, 4) is 28.3 Å². The molecule has 276 valence electrons. The van der Waals surface area contributed by atoms with E-state index in [1.165, 1.54) is 0 Å². The van der Waals surface area contributed by atoms with Crippen molar-refractivity contribution in [3.63, 3.8) is 0 Å².